The molecule has 1 N–H and O–H groups in total. The van der Waals surface area contributed by atoms with E-state index in [0.29, 0.717) is 17.3 Å². The number of hydrogen-bond donors (Lipinski definition) is 1. The van der Waals surface area contributed by atoms with Gasteiger partial charge in [-0.2, -0.15) is 15.3 Å². The second kappa shape index (κ2) is 8.11. The molecule has 0 atom stereocenters. The predicted octanol–water partition coefficient (Wildman–Crippen LogP) is 3.47. The van der Waals surface area contributed by atoms with E-state index in [4.69, 9.17) is 16.9 Å². The molecule has 0 amide bonds. The van der Waals surface area contributed by atoms with Gasteiger partial charge in [0, 0.05) is 42.6 Å². The lowest BCUT2D eigenvalue weighted by molar-refractivity contribution is 0.635. The van der Waals surface area contributed by atoms with Crippen molar-refractivity contribution in [1.82, 2.24) is 15.2 Å². The maximum Gasteiger partial charge on any atom is 0.247 e. The van der Waals surface area contributed by atoms with Crippen LogP contribution in [0.2, 0.25) is 5.02 Å². The van der Waals surface area contributed by atoms with Crippen LogP contribution in [0.1, 0.15) is 5.56 Å². The van der Waals surface area contributed by atoms with E-state index >= 15 is 0 Å². The molecule has 0 saturated carbocycles. The predicted molar refractivity (Wildman–Crippen MR) is 110 cm³/mol. The maximum absolute atomic E-state index is 9.03. The first-order valence-corrected chi connectivity index (χ1v) is 9.31. The Bertz CT molecular complexity index is 1010. The smallest absolute Gasteiger partial charge is 0.247 e. The average molecular weight is 392 g/mol. The number of nitrogens with one attached hydrogen (secondary N) is 1. The normalized spacial score (nSPS) is 13.9. The lowest BCUT2D eigenvalue weighted by Gasteiger charge is -2.36. The zero-order chi connectivity index (χ0) is 19.3. The van der Waals surface area contributed by atoms with Gasteiger partial charge in [-0.15, -0.1) is 5.10 Å². The summed E-state index contributed by atoms with van der Waals surface area (Å²) in [5.74, 6) is 1.18. The highest BCUT2D eigenvalue weighted by Gasteiger charge is 2.20. The van der Waals surface area contributed by atoms with Crippen LogP contribution in [-0.4, -0.2) is 41.4 Å². The van der Waals surface area contributed by atoms with Crippen LogP contribution in [0.15, 0.2) is 54.7 Å². The number of rotatable bonds is 4. The molecule has 0 bridgehead atoms. The molecule has 0 unspecified atom stereocenters. The fourth-order valence-corrected chi connectivity index (χ4v) is 3.32. The Kier molecular flexibility index (Phi) is 5.22. The zero-order valence-corrected chi connectivity index (χ0v) is 15.8. The lowest BCUT2D eigenvalue weighted by atomic mass is 10.2. The van der Waals surface area contributed by atoms with Gasteiger partial charge in [0.05, 0.1) is 17.8 Å². The van der Waals surface area contributed by atoms with Crippen LogP contribution < -0.4 is 15.1 Å². The first-order chi connectivity index (χ1) is 13.7. The van der Waals surface area contributed by atoms with Crippen molar-refractivity contribution in [2.75, 3.05) is 41.3 Å². The van der Waals surface area contributed by atoms with Gasteiger partial charge in [0.15, 0.2) is 5.82 Å². The van der Waals surface area contributed by atoms with Gasteiger partial charge in [-0.05, 0) is 36.4 Å². The van der Waals surface area contributed by atoms with Crippen LogP contribution in [0.25, 0.3) is 0 Å². The molecule has 0 radical (unpaired) electrons. The van der Waals surface area contributed by atoms with Crippen LogP contribution in [0.4, 0.5) is 23.1 Å². The summed E-state index contributed by atoms with van der Waals surface area (Å²) < 4.78 is 0. The van der Waals surface area contributed by atoms with Crippen molar-refractivity contribution in [3.05, 3.63) is 65.3 Å². The van der Waals surface area contributed by atoms with Gasteiger partial charge in [-0.3, -0.25) is 0 Å². The third kappa shape index (κ3) is 4.13. The number of benzene rings is 2. The van der Waals surface area contributed by atoms with Crippen LogP contribution in [-0.2, 0) is 0 Å². The highest BCUT2D eigenvalue weighted by molar-refractivity contribution is 6.30. The van der Waals surface area contributed by atoms with E-state index in [1.54, 1.807) is 18.3 Å². The topological polar surface area (TPSA) is 81.0 Å². The number of anilines is 4. The van der Waals surface area contributed by atoms with Gasteiger partial charge in [0.1, 0.15) is 0 Å². The number of nitriles is 1. The minimum absolute atomic E-state index is 0.587. The Morgan fingerprint density at radius 3 is 2.57 bits per heavy atom. The number of aromatic nitrogens is 3. The van der Waals surface area contributed by atoms with Gasteiger partial charge in [0.25, 0.3) is 0 Å². The Morgan fingerprint density at radius 2 is 1.79 bits per heavy atom. The molecule has 1 aromatic heterocycles. The van der Waals surface area contributed by atoms with Crippen molar-refractivity contribution in [3.8, 4) is 6.07 Å². The molecule has 0 aliphatic carbocycles. The van der Waals surface area contributed by atoms with E-state index in [-0.39, 0.29) is 0 Å². The third-order valence-electron chi connectivity index (χ3n) is 4.55. The highest BCUT2D eigenvalue weighted by Crippen LogP contribution is 2.22. The molecular weight excluding hydrogens is 374 g/mol. The van der Waals surface area contributed by atoms with Crippen molar-refractivity contribution >= 4 is 34.7 Å². The molecular formula is C20H18ClN7. The fourth-order valence-electron chi connectivity index (χ4n) is 3.14. The van der Waals surface area contributed by atoms with Gasteiger partial charge in [0.2, 0.25) is 5.95 Å². The zero-order valence-electron chi connectivity index (χ0n) is 15.1. The molecule has 1 saturated heterocycles. The van der Waals surface area contributed by atoms with E-state index in [9.17, 15) is 0 Å². The molecule has 1 fully saturated rings. The van der Waals surface area contributed by atoms with Gasteiger partial charge in [-0.25, -0.2) is 0 Å². The number of hydrogen-bond acceptors (Lipinski definition) is 7. The number of nitrogens with zero attached hydrogens (tertiary/aromatic N) is 6. The molecule has 140 valence electrons. The second-order valence-corrected chi connectivity index (χ2v) is 6.85. The molecule has 2 aromatic carbocycles. The van der Waals surface area contributed by atoms with Crippen LogP contribution >= 0.6 is 11.6 Å². The summed E-state index contributed by atoms with van der Waals surface area (Å²) in [5.41, 5.74) is 2.50. The van der Waals surface area contributed by atoms with Gasteiger partial charge < -0.3 is 15.1 Å². The van der Waals surface area contributed by atoms with Crippen LogP contribution in [0.3, 0.4) is 0 Å². The van der Waals surface area contributed by atoms with E-state index in [0.717, 1.165) is 42.6 Å². The summed E-state index contributed by atoms with van der Waals surface area (Å²) in [6.45, 7) is 3.29. The first kappa shape index (κ1) is 18.0. The molecule has 1 aliphatic heterocycles. The SMILES string of the molecule is N#Cc1cccc(Nc2cnnc(N3CCN(c4cccc(Cl)c4)CC3)n2)c1. The van der Waals surface area contributed by atoms with Crippen molar-refractivity contribution in [2.45, 2.75) is 0 Å². The Labute approximate surface area is 168 Å². The molecule has 8 heteroatoms. The number of piperazine rings is 1. The largest absolute Gasteiger partial charge is 0.368 e. The van der Waals surface area contributed by atoms with Gasteiger partial charge >= 0.3 is 0 Å². The summed E-state index contributed by atoms with van der Waals surface area (Å²) in [6, 6.07) is 17.3. The third-order valence-corrected chi connectivity index (χ3v) is 4.78. The summed E-state index contributed by atoms with van der Waals surface area (Å²) in [6.07, 6.45) is 1.57. The lowest BCUT2D eigenvalue weighted by Crippen LogP contribution is -2.47. The van der Waals surface area contributed by atoms with Gasteiger partial charge in [-0.1, -0.05) is 23.7 Å². The second-order valence-electron chi connectivity index (χ2n) is 6.41. The monoisotopic (exact) mass is 391 g/mol. The standard InChI is InChI=1S/C20H18ClN7/c21-16-4-2-6-18(12-16)27-7-9-28(10-8-27)20-25-19(14-23-26-20)24-17-5-1-3-15(11-17)13-22/h1-6,11-12,14H,7-10H2,(H,24,25,26). The number of halogens is 1. The van der Waals surface area contributed by atoms with Crippen molar-refractivity contribution < 1.29 is 0 Å². The summed E-state index contributed by atoms with van der Waals surface area (Å²) in [4.78, 5) is 8.99. The van der Waals surface area contributed by atoms with Crippen molar-refractivity contribution in [2.24, 2.45) is 0 Å². The highest BCUT2D eigenvalue weighted by atomic mass is 35.5. The van der Waals surface area contributed by atoms with Crippen molar-refractivity contribution in [3.63, 3.8) is 0 Å². The minimum Gasteiger partial charge on any atom is -0.368 e. The summed E-state index contributed by atoms with van der Waals surface area (Å²) >= 11 is 6.10. The molecule has 1 aliphatic rings. The molecule has 4 rings (SSSR count). The summed E-state index contributed by atoms with van der Waals surface area (Å²) in [5, 5.41) is 21.2. The van der Waals surface area contributed by atoms with E-state index in [1.165, 1.54) is 0 Å². The summed E-state index contributed by atoms with van der Waals surface area (Å²) in [7, 11) is 0. The molecule has 0 spiro atoms. The van der Waals surface area contributed by atoms with E-state index < -0.39 is 0 Å². The molecule has 7 nitrogen and oxygen atoms in total. The maximum atomic E-state index is 9.03. The average Bonchev–Trinajstić information content (AvgIpc) is 2.74. The Balaban J connectivity index is 1.43. The van der Waals surface area contributed by atoms with Crippen LogP contribution in [0.5, 0.6) is 0 Å². The first-order valence-electron chi connectivity index (χ1n) is 8.94. The Hall–Kier alpha value is -3.37. The quantitative estimate of drug-likeness (QED) is 0.729. The van der Waals surface area contributed by atoms with Crippen molar-refractivity contribution in [1.29, 1.82) is 5.26 Å². The molecule has 28 heavy (non-hydrogen) atoms. The van der Waals surface area contributed by atoms with Crippen LogP contribution in [0, 0.1) is 11.3 Å². The Morgan fingerprint density at radius 1 is 1.00 bits per heavy atom. The van der Waals surface area contributed by atoms with E-state index in [1.807, 2.05) is 30.3 Å². The minimum atomic E-state index is 0.587. The van der Waals surface area contributed by atoms with E-state index in [2.05, 4.69) is 42.4 Å². The molecule has 3 aromatic rings. The fraction of sp³-hybridized carbons (Fsp3) is 0.200. The molecule has 2 heterocycles.